The Hall–Kier alpha value is -0.120. The van der Waals surface area contributed by atoms with Gasteiger partial charge in [0.25, 0.3) is 0 Å². The smallest absolute Gasteiger partial charge is 0.159 e. The first-order valence-corrected chi connectivity index (χ1v) is 8.72. The molecular weight excluding hydrogens is 300 g/mol. The molecule has 0 N–H and O–H groups in total. The summed E-state index contributed by atoms with van der Waals surface area (Å²) in [5, 5.41) is 0. The van der Waals surface area contributed by atoms with Gasteiger partial charge in [0.15, 0.2) is 6.29 Å². The zero-order valence-corrected chi connectivity index (χ0v) is 15.6. The van der Waals surface area contributed by atoms with Gasteiger partial charge in [-0.3, -0.25) is 0 Å². The molecule has 0 heterocycles. The molecule has 0 amide bonds. The molecule has 2 aliphatic carbocycles. The van der Waals surface area contributed by atoms with E-state index in [1.54, 1.807) is 14.2 Å². The number of halogens is 1. The first-order valence-electron chi connectivity index (χ1n) is 8.72. The molecule has 2 aliphatic rings. The lowest BCUT2D eigenvalue weighted by Crippen LogP contribution is -2.27. The van der Waals surface area contributed by atoms with E-state index in [9.17, 15) is 4.79 Å². The molecule has 0 radical (unpaired) electrons. The van der Waals surface area contributed by atoms with Crippen LogP contribution in [0.15, 0.2) is 0 Å². The van der Waals surface area contributed by atoms with E-state index < -0.39 is 0 Å². The van der Waals surface area contributed by atoms with Crippen LogP contribution in [-0.2, 0) is 14.3 Å². The highest BCUT2D eigenvalue weighted by atomic mass is 35.5. The predicted molar refractivity (Wildman–Crippen MR) is 93.4 cm³/mol. The van der Waals surface area contributed by atoms with Gasteiger partial charge < -0.3 is 14.3 Å². The highest BCUT2D eigenvalue weighted by molar-refractivity contribution is 5.85. The minimum atomic E-state index is 0. The minimum Gasteiger partial charge on any atom is -0.356 e. The van der Waals surface area contributed by atoms with E-state index >= 15 is 0 Å². The van der Waals surface area contributed by atoms with Crippen LogP contribution in [0, 0.1) is 23.7 Å². The molecule has 4 heteroatoms. The molecule has 0 aliphatic heterocycles. The molecule has 0 saturated heterocycles. The number of hydrogen-bond acceptors (Lipinski definition) is 3. The fourth-order valence-electron chi connectivity index (χ4n) is 4.13. The lowest BCUT2D eigenvalue weighted by atomic mass is 9.93. The third-order valence-electron chi connectivity index (χ3n) is 5.47. The number of aldehydes is 1. The van der Waals surface area contributed by atoms with E-state index in [2.05, 4.69) is 13.8 Å². The molecule has 0 aromatic rings. The summed E-state index contributed by atoms with van der Waals surface area (Å²) < 4.78 is 10.6. The standard InChI is InChI=1S/C10H20O2.C8H14O.ClH/c1-4-8-6-5-7-9(8)10(11-2)12-3;1-2-7-4-3-5-8(7)6-9;/h8-10H,4-7H2,1-3H3;6-8H,2-5H2,1H3;1H/t8-,9-;7-,8+;/m11./s1. The summed E-state index contributed by atoms with van der Waals surface area (Å²) in [5.74, 6) is 2.55. The summed E-state index contributed by atoms with van der Waals surface area (Å²) in [5.41, 5.74) is 0. The van der Waals surface area contributed by atoms with Crippen molar-refractivity contribution in [3.05, 3.63) is 0 Å². The van der Waals surface area contributed by atoms with E-state index in [1.165, 1.54) is 44.9 Å². The second-order valence-corrected chi connectivity index (χ2v) is 6.50. The highest BCUT2D eigenvalue weighted by Crippen LogP contribution is 2.37. The third-order valence-corrected chi connectivity index (χ3v) is 5.47. The Morgan fingerprint density at radius 3 is 1.95 bits per heavy atom. The Labute approximate surface area is 142 Å². The van der Waals surface area contributed by atoms with Crippen LogP contribution in [0.1, 0.15) is 65.2 Å². The highest BCUT2D eigenvalue weighted by Gasteiger charge is 2.32. The zero-order valence-electron chi connectivity index (χ0n) is 14.8. The quantitative estimate of drug-likeness (QED) is 0.513. The maximum Gasteiger partial charge on any atom is 0.159 e. The molecule has 2 rings (SSSR count). The van der Waals surface area contributed by atoms with Crippen molar-refractivity contribution >= 4 is 18.7 Å². The van der Waals surface area contributed by atoms with Crippen molar-refractivity contribution in [2.75, 3.05) is 14.2 Å². The number of carbonyl (C=O) groups excluding carboxylic acids is 1. The van der Waals surface area contributed by atoms with Crippen molar-refractivity contribution in [3.63, 3.8) is 0 Å². The summed E-state index contributed by atoms with van der Waals surface area (Å²) in [6, 6.07) is 0. The SMILES string of the molecule is CC[C@@H]1CCC[C@H]1C(OC)OC.CC[C@@H]1CCC[C@H]1C=O.Cl. The second-order valence-electron chi connectivity index (χ2n) is 6.50. The average molecular weight is 335 g/mol. The predicted octanol–water partition coefficient (Wildman–Crippen LogP) is 4.87. The van der Waals surface area contributed by atoms with Crippen molar-refractivity contribution in [3.8, 4) is 0 Å². The monoisotopic (exact) mass is 334 g/mol. The first kappa shape index (κ1) is 21.9. The molecule has 0 unspecified atom stereocenters. The van der Waals surface area contributed by atoms with E-state index in [0.717, 1.165) is 18.6 Å². The van der Waals surface area contributed by atoms with Crippen molar-refractivity contribution in [2.45, 2.75) is 71.5 Å². The molecule has 0 aromatic carbocycles. The van der Waals surface area contributed by atoms with Gasteiger partial charge in [0, 0.05) is 26.1 Å². The largest absolute Gasteiger partial charge is 0.356 e. The zero-order chi connectivity index (χ0) is 15.7. The lowest BCUT2D eigenvalue weighted by Gasteiger charge is -2.25. The van der Waals surface area contributed by atoms with Crippen LogP contribution in [0.2, 0.25) is 0 Å². The Balaban J connectivity index is 0.000000397. The van der Waals surface area contributed by atoms with Gasteiger partial charge in [-0.2, -0.15) is 0 Å². The van der Waals surface area contributed by atoms with Crippen LogP contribution in [0.3, 0.4) is 0 Å². The molecule has 2 fully saturated rings. The van der Waals surface area contributed by atoms with E-state index in [4.69, 9.17) is 9.47 Å². The van der Waals surface area contributed by atoms with Gasteiger partial charge in [-0.15, -0.1) is 12.4 Å². The summed E-state index contributed by atoms with van der Waals surface area (Å²) in [7, 11) is 3.47. The number of hydrogen-bond donors (Lipinski definition) is 0. The number of rotatable bonds is 6. The molecule has 132 valence electrons. The fourth-order valence-corrected chi connectivity index (χ4v) is 4.13. The normalized spacial score (nSPS) is 30.6. The van der Waals surface area contributed by atoms with Crippen LogP contribution in [0.25, 0.3) is 0 Å². The maximum atomic E-state index is 10.4. The molecule has 4 atom stereocenters. The van der Waals surface area contributed by atoms with Gasteiger partial charge in [0.1, 0.15) is 6.29 Å². The first-order chi connectivity index (χ1) is 10.2. The molecule has 0 aromatic heterocycles. The van der Waals surface area contributed by atoms with Crippen LogP contribution in [-0.4, -0.2) is 26.8 Å². The Kier molecular flexibility index (Phi) is 12.3. The van der Waals surface area contributed by atoms with Crippen molar-refractivity contribution < 1.29 is 14.3 Å². The van der Waals surface area contributed by atoms with Gasteiger partial charge in [-0.1, -0.05) is 39.5 Å². The van der Waals surface area contributed by atoms with Gasteiger partial charge >= 0.3 is 0 Å². The summed E-state index contributed by atoms with van der Waals surface area (Å²) in [4.78, 5) is 10.4. The number of carbonyl (C=O) groups is 1. The van der Waals surface area contributed by atoms with E-state index in [0.29, 0.717) is 17.8 Å². The van der Waals surface area contributed by atoms with Crippen molar-refractivity contribution in [1.82, 2.24) is 0 Å². The van der Waals surface area contributed by atoms with Crippen LogP contribution >= 0.6 is 12.4 Å². The Morgan fingerprint density at radius 1 is 0.955 bits per heavy atom. The van der Waals surface area contributed by atoms with Gasteiger partial charge in [0.2, 0.25) is 0 Å². The topological polar surface area (TPSA) is 35.5 Å². The summed E-state index contributed by atoms with van der Waals surface area (Å²) in [6.45, 7) is 4.43. The van der Waals surface area contributed by atoms with Gasteiger partial charge in [-0.25, -0.2) is 0 Å². The molecule has 0 spiro atoms. The lowest BCUT2D eigenvalue weighted by molar-refractivity contribution is -0.144. The van der Waals surface area contributed by atoms with Crippen LogP contribution < -0.4 is 0 Å². The average Bonchev–Trinajstić information content (AvgIpc) is 3.17. The van der Waals surface area contributed by atoms with E-state index in [-0.39, 0.29) is 18.7 Å². The summed E-state index contributed by atoms with van der Waals surface area (Å²) in [6.07, 6.45) is 11.3. The molecule has 0 bridgehead atoms. The fraction of sp³-hybridized carbons (Fsp3) is 0.944. The van der Waals surface area contributed by atoms with Gasteiger partial charge in [0.05, 0.1) is 0 Å². The Morgan fingerprint density at radius 2 is 1.50 bits per heavy atom. The minimum absolute atomic E-state index is 0. The Bertz CT molecular complexity index is 282. The number of methoxy groups -OCH3 is 2. The third kappa shape index (κ3) is 6.17. The van der Waals surface area contributed by atoms with E-state index in [1.807, 2.05) is 0 Å². The second kappa shape index (κ2) is 12.3. The van der Waals surface area contributed by atoms with Gasteiger partial charge in [-0.05, 0) is 37.5 Å². The molecule has 2 saturated carbocycles. The summed E-state index contributed by atoms with van der Waals surface area (Å²) >= 11 is 0. The molecule has 22 heavy (non-hydrogen) atoms. The van der Waals surface area contributed by atoms with Crippen LogP contribution in [0.5, 0.6) is 0 Å². The van der Waals surface area contributed by atoms with Crippen LogP contribution in [0.4, 0.5) is 0 Å². The van der Waals surface area contributed by atoms with Crippen molar-refractivity contribution in [1.29, 1.82) is 0 Å². The molecular formula is C18H35ClO3. The van der Waals surface area contributed by atoms with Crippen molar-refractivity contribution in [2.24, 2.45) is 23.7 Å². The number of ether oxygens (including phenoxy) is 2. The maximum absolute atomic E-state index is 10.4. The molecule has 3 nitrogen and oxygen atoms in total.